The van der Waals surface area contributed by atoms with Gasteiger partial charge in [0.05, 0.1) is 0 Å². The third-order valence-electron chi connectivity index (χ3n) is 3.81. The van der Waals surface area contributed by atoms with Crippen molar-refractivity contribution in [2.45, 2.75) is 0 Å². The topological polar surface area (TPSA) is 81.2 Å². The van der Waals surface area contributed by atoms with Crippen molar-refractivity contribution < 1.29 is 18.3 Å². The Kier molecular flexibility index (Phi) is 5.71. The molecule has 11 heteroatoms. The van der Waals surface area contributed by atoms with Crippen LogP contribution in [0.5, 0.6) is 0 Å². The molecule has 122 valence electrons. The van der Waals surface area contributed by atoms with Crippen molar-refractivity contribution in [1.82, 2.24) is 16.4 Å². The van der Waals surface area contributed by atoms with Crippen LogP contribution in [0.4, 0.5) is 0 Å². The van der Waals surface area contributed by atoms with Crippen LogP contribution in [0, 0.1) is 0 Å². The molecule has 2 rings (SSSR count). The van der Waals surface area contributed by atoms with Crippen LogP contribution in [0.1, 0.15) is 1.43 Å². The van der Waals surface area contributed by atoms with Crippen LogP contribution in [0.2, 0.25) is 0 Å². The molecule has 0 atom stereocenters. The molecule has 2 heterocycles. The Morgan fingerprint density at radius 3 is 1.19 bits per heavy atom. The summed E-state index contributed by atoms with van der Waals surface area (Å²) in [6.07, 6.45) is 2.50. The minimum absolute atomic E-state index is 0. The zero-order valence-electron chi connectivity index (χ0n) is 13.5. The molecule has 0 N–H and O–H groups in total. The Balaban J connectivity index is 0.00000242. The van der Waals surface area contributed by atoms with Gasteiger partial charge >= 0.3 is 134 Å². The summed E-state index contributed by atoms with van der Waals surface area (Å²) in [7, 11) is -6.15. The number of rotatable bonds is 4. The molecule has 2 aliphatic rings. The van der Waals surface area contributed by atoms with Crippen molar-refractivity contribution in [1.29, 1.82) is 0 Å². The summed E-state index contributed by atoms with van der Waals surface area (Å²) in [6.45, 7) is 5.24. The summed E-state index contributed by atoms with van der Waals surface area (Å²) in [5, 5.41) is 0. The fourth-order valence-corrected chi connectivity index (χ4v) is 5.57. The van der Waals surface area contributed by atoms with E-state index in [-0.39, 0.29) is 17.1 Å². The van der Waals surface area contributed by atoms with E-state index in [4.69, 9.17) is 0 Å². The molecule has 2 saturated heterocycles. The summed E-state index contributed by atoms with van der Waals surface area (Å²) in [4.78, 5) is 0. The molecule has 0 aromatic carbocycles. The van der Waals surface area contributed by atoms with Crippen LogP contribution in [0.25, 0.3) is 0 Å². The van der Waals surface area contributed by atoms with Crippen LogP contribution in [-0.2, 0) is 20.0 Å². The normalized spacial score (nSPS) is 24.9. The van der Waals surface area contributed by atoms with Gasteiger partial charge in [-0.2, -0.15) is 0 Å². The monoisotopic (exact) mass is 354 g/mol. The predicted molar refractivity (Wildman–Crippen MR) is 82.8 cm³/mol. The van der Waals surface area contributed by atoms with Gasteiger partial charge in [-0.05, 0) is 0 Å². The van der Waals surface area contributed by atoms with Crippen molar-refractivity contribution >= 4 is 35.7 Å². The summed E-state index contributed by atoms with van der Waals surface area (Å²) in [5.41, 5.74) is 0. The Morgan fingerprint density at radius 2 is 0.952 bits per heavy atom. The summed E-state index contributed by atoms with van der Waals surface area (Å²) >= 11 is -0.0445. The van der Waals surface area contributed by atoms with E-state index in [1.165, 1.54) is 21.1 Å². The van der Waals surface area contributed by atoms with Crippen LogP contribution < -0.4 is 0 Å². The first-order valence-corrected chi connectivity index (χ1v) is 11.6. The standard InChI is InChI=1S/2C5H11N2O2S.Al.H/c2*1-10(8,9)7-4-2-6-3-5-7;;/h2*2-5H2,1H3;;/q2*-1;+3;-1. The molecule has 0 aliphatic carbocycles. The van der Waals surface area contributed by atoms with Gasteiger partial charge in [0.1, 0.15) is 0 Å². The Hall–Kier alpha value is 0.272. The second kappa shape index (κ2) is 6.80. The minimum atomic E-state index is -3.08. The minimum Gasteiger partial charge on any atom is -1.00 e. The molecule has 0 amide bonds. The van der Waals surface area contributed by atoms with E-state index < -0.39 is 20.0 Å². The Morgan fingerprint density at radius 1 is 0.667 bits per heavy atom. The molecule has 2 aliphatic heterocycles. The van der Waals surface area contributed by atoms with E-state index in [0.29, 0.717) is 26.2 Å². The van der Waals surface area contributed by atoms with Crippen molar-refractivity contribution in [2.24, 2.45) is 0 Å². The van der Waals surface area contributed by atoms with Crippen molar-refractivity contribution in [3.8, 4) is 0 Å². The van der Waals surface area contributed by atoms with Crippen LogP contribution >= 0.6 is 0 Å². The van der Waals surface area contributed by atoms with Crippen molar-refractivity contribution in [3.63, 3.8) is 0 Å². The third kappa shape index (κ3) is 5.14. The molecule has 0 radical (unpaired) electrons. The Bertz CT molecular complexity index is 507. The molecular weight excluding hydrogens is 331 g/mol. The number of nitrogens with zero attached hydrogens (tertiary/aromatic N) is 4. The molecule has 0 unspecified atom stereocenters. The molecule has 21 heavy (non-hydrogen) atoms. The molecule has 0 bridgehead atoms. The fraction of sp³-hybridized carbons (Fsp3) is 1.00. The van der Waals surface area contributed by atoms with Gasteiger partial charge in [0, 0.05) is 0 Å². The SMILES string of the molecule is CS(=O)(=O)N1CC[N]([Al+][N]2CCN(S(C)(=O)=O)CC2)CC1.[H-]. The zero-order chi connectivity index (χ0) is 15.7. The van der Waals surface area contributed by atoms with E-state index in [9.17, 15) is 16.8 Å². The van der Waals surface area contributed by atoms with Crippen LogP contribution in [-0.4, -0.2) is 114 Å². The molecule has 0 aromatic rings. The van der Waals surface area contributed by atoms with Gasteiger partial charge in [0.25, 0.3) is 0 Å². The largest absolute Gasteiger partial charge is 1.00 e. The van der Waals surface area contributed by atoms with Crippen LogP contribution in [0.3, 0.4) is 0 Å². The predicted octanol–water partition coefficient (Wildman–Crippen LogP) is -2.21. The summed E-state index contributed by atoms with van der Waals surface area (Å²) < 4.78 is 53.5. The van der Waals surface area contributed by atoms with E-state index in [1.54, 1.807) is 0 Å². The van der Waals surface area contributed by atoms with Gasteiger partial charge in [-0.3, -0.25) is 0 Å². The number of sulfonamides is 2. The van der Waals surface area contributed by atoms with Gasteiger partial charge in [0.2, 0.25) is 0 Å². The quantitative estimate of drug-likeness (QED) is 0.533. The van der Waals surface area contributed by atoms with Gasteiger partial charge in [0.15, 0.2) is 0 Å². The molecule has 2 fully saturated rings. The maximum Gasteiger partial charge on any atom is -1.00 e. The van der Waals surface area contributed by atoms with E-state index >= 15 is 0 Å². The van der Waals surface area contributed by atoms with Gasteiger partial charge < -0.3 is 1.43 Å². The van der Waals surface area contributed by atoms with E-state index in [1.807, 2.05) is 0 Å². The van der Waals surface area contributed by atoms with E-state index in [2.05, 4.69) is 7.77 Å². The van der Waals surface area contributed by atoms with Crippen molar-refractivity contribution in [2.75, 3.05) is 64.9 Å². The van der Waals surface area contributed by atoms with Crippen molar-refractivity contribution in [3.05, 3.63) is 0 Å². The molecule has 0 spiro atoms. The summed E-state index contributed by atoms with van der Waals surface area (Å²) in [6, 6.07) is 0. The molecule has 0 saturated carbocycles. The van der Waals surface area contributed by atoms with E-state index in [0.717, 1.165) is 26.2 Å². The van der Waals surface area contributed by atoms with Crippen LogP contribution in [0.15, 0.2) is 0 Å². The molecule has 0 aromatic heterocycles. The number of piperazine rings is 2. The fourth-order valence-electron chi connectivity index (χ4n) is 2.53. The van der Waals surface area contributed by atoms with Gasteiger partial charge in [-0.25, -0.2) is 0 Å². The maximum absolute atomic E-state index is 11.5. The first-order valence-electron chi connectivity index (χ1n) is 6.89. The average Bonchev–Trinajstić information content (AvgIpc) is 2.38. The zero-order valence-corrected chi connectivity index (χ0v) is 15.3. The maximum atomic E-state index is 11.5. The number of hydrogen-bond acceptors (Lipinski definition) is 6. The van der Waals surface area contributed by atoms with Gasteiger partial charge in [-0.1, -0.05) is 0 Å². The molecular formula is C10H23AlN4O4S2. The van der Waals surface area contributed by atoms with Gasteiger partial charge in [-0.15, -0.1) is 0 Å². The Labute approximate surface area is 135 Å². The summed E-state index contributed by atoms with van der Waals surface area (Å²) in [5.74, 6) is 0. The smallest absolute Gasteiger partial charge is 1.00 e. The first kappa shape index (κ1) is 17.6. The second-order valence-electron chi connectivity index (χ2n) is 5.51. The number of hydrogen-bond donors (Lipinski definition) is 0. The first-order chi connectivity index (χ1) is 9.66. The second-order valence-corrected chi connectivity index (χ2v) is 11.2. The average molecular weight is 354 g/mol. The third-order valence-corrected chi connectivity index (χ3v) is 8.10. The molecule has 8 nitrogen and oxygen atoms in total.